The standard InChI is InChI=1S/C13H21NO3S/c1-18-13(6-3-7-13)9-14-10(15)8-12(11(16)17)4-2-5-12/h2-9H2,1H3,(H,14,15)(H,16,17). The van der Waals surface area contributed by atoms with Crippen LogP contribution in [0.2, 0.25) is 0 Å². The highest BCUT2D eigenvalue weighted by molar-refractivity contribution is 8.00. The van der Waals surface area contributed by atoms with E-state index in [4.69, 9.17) is 0 Å². The van der Waals surface area contributed by atoms with Crippen molar-refractivity contribution in [1.29, 1.82) is 0 Å². The summed E-state index contributed by atoms with van der Waals surface area (Å²) in [5, 5.41) is 12.1. The number of aliphatic carboxylic acids is 1. The van der Waals surface area contributed by atoms with Gasteiger partial charge in [0.2, 0.25) is 5.91 Å². The summed E-state index contributed by atoms with van der Waals surface area (Å²) < 4.78 is 0.214. The predicted molar refractivity (Wildman–Crippen MR) is 71.6 cm³/mol. The average Bonchev–Trinajstić information content (AvgIpc) is 2.22. The number of carboxylic acids is 1. The third kappa shape index (κ3) is 2.51. The Labute approximate surface area is 112 Å². The molecule has 2 rings (SSSR count). The topological polar surface area (TPSA) is 66.4 Å². The molecule has 4 nitrogen and oxygen atoms in total. The van der Waals surface area contributed by atoms with Crippen LogP contribution in [-0.2, 0) is 9.59 Å². The molecule has 2 saturated carbocycles. The fraction of sp³-hybridized carbons (Fsp3) is 0.846. The minimum Gasteiger partial charge on any atom is -0.481 e. The lowest BCUT2D eigenvalue weighted by Crippen LogP contribution is -2.48. The van der Waals surface area contributed by atoms with Gasteiger partial charge in [-0.25, -0.2) is 0 Å². The lowest BCUT2D eigenvalue weighted by molar-refractivity contribution is -0.157. The third-order valence-corrected chi connectivity index (χ3v) is 5.99. The van der Waals surface area contributed by atoms with Crippen LogP contribution in [0.1, 0.15) is 44.9 Å². The van der Waals surface area contributed by atoms with Gasteiger partial charge in [-0.15, -0.1) is 0 Å². The number of thioether (sulfide) groups is 1. The molecule has 5 heteroatoms. The number of hydrogen-bond acceptors (Lipinski definition) is 3. The van der Waals surface area contributed by atoms with Gasteiger partial charge in [0.05, 0.1) is 5.41 Å². The summed E-state index contributed by atoms with van der Waals surface area (Å²) >= 11 is 1.81. The molecule has 0 aromatic heterocycles. The number of carboxylic acid groups (broad SMARTS) is 1. The van der Waals surface area contributed by atoms with Crippen LogP contribution >= 0.6 is 11.8 Å². The number of nitrogens with one attached hydrogen (secondary N) is 1. The Morgan fingerprint density at radius 1 is 1.22 bits per heavy atom. The second-order valence-electron chi connectivity index (χ2n) is 5.63. The molecule has 2 fully saturated rings. The largest absolute Gasteiger partial charge is 0.481 e. The van der Waals surface area contributed by atoms with Crippen LogP contribution in [0.3, 0.4) is 0 Å². The quantitative estimate of drug-likeness (QED) is 0.776. The zero-order chi connectivity index (χ0) is 13.2. The van der Waals surface area contributed by atoms with Gasteiger partial charge in [0.15, 0.2) is 0 Å². The number of carbonyl (C=O) groups is 2. The molecule has 0 atom stereocenters. The van der Waals surface area contributed by atoms with E-state index in [1.54, 1.807) is 0 Å². The molecule has 1 amide bonds. The summed E-state index contributed by atoms with van der Waals surface area (Å²) in [6.07, 6.45) is 7.97. The molecular formula is C13H21NO3S. The molecule has 102 valence electrons. The zero-order valence-corrected chi connectivity index (χ0v) is 11.6. The summed E-state index contributed by atoms with van der Waals surface area (Å²) in [5.74, 6) is -0.912. The summed E-state index contributed by atoms with van der Waals surface area (Å²) in [6.45, 7) is 0.683. The molecule has 0 heterocycles. The first-order valence-corrected chi connectivity index (χ1v) is 7.80. The van der Waals surface area contributed by atoms with E-state index in [0.29, 0.717) is 19.4 Å². The van der Waals surface area contributed by atoms with Gasteiger partial charge in [-0.05, 0) is 31.9 Å². The highest BCUT2D eigenvalue weighted by Gasteiger charge is 2.46. The molecule has 0 aromatic carbocycles. The van der Waals surface area contributed by atoms with Crippen molar-refractivity contribution in [2.45, 2.75) is 49.7 Å². The van der Waals surface area contributed by atoms with Gasteiger partial charge in [-0.1, -0.05) is 12.8 Å². The first-order chi connectivity index (χ1) is 8.52. The lowest BCUT2D eigenvalue weighted by Gasteiger charge is -2.41. The molecule has 2 N–H and O–H groups in total. The Morgan fingerprint density at radius 3 is 2.17 bits per heavy atom. The monoisotopic (exact) mass is 271 g/mol. The highest BCUT2D eigenvalue weighted by Crippen LogP contribution is 2.45. The molecule has 0 aliphatic heterocycles. The van der Waals surface area contributed by atoms with Crippen molar-refractivity contribution in [1.82, 2.24) is 5.32 Å². The molecule has 0 unspecified atom stereocenters. The summed E-state index contributed by atoms with van der Waals surface area (Å²) in [6, 6.07) is 0. The van der Waals surface area contributed by atoms with E-state index in [2.05, 4.69) is 11.6 Å². The van der Waals surface area contributed by atoms with Crippen LogP contribution < -0.4 is 5.32 Å². The normalized spacial score (nSPS) is 23.6. The molecular weight excluding hydrogens is 250 g/mol. The maximum Gasteiger partial charge on any atom is 0.310 e. The fourth-order valence-electron chi connectivity index (χ4n) is 2.72. The van der Waals surface area contributed by atoms with Crippen molar-refractivity contribution in [2.24, 2.45) is 5.41 Å². The maximum atomic E-state index is 11.9. The molecule has 2 aliphatic carbocycles. The summed E-state index contributed by atoms with van der Waals surface area (Å²) in [7, 11) is 0. The fourth-order valence-corrected chi connectivity index (χ4v) is 3.64. The van der Waals surface area contributed by atoms with Gasteiger partial charge in [-0.2, -0.15) is 11.8 Å². The second kappa shape index (κ2) is 5.11. The zero-order valence-electron chi connectivity index (χ0n) is 10.8. The minimum absolute atomic E-state index is 0.0996. The van der Waals surface area contributed by atoms with Crippen molar-refractivity contribution in [3.8, 4) is 0 Å². The SMILES string of the molecule is CSC1(CNC(=O)CC2(C(=O)O)CCC2)CCC1. The van der Waals surface area contributed by atoms with Crippen LogP contribution in [0, 0.1) is 5.41 Å². The van der Waals surface area contributed by atoms with E-state index < -0.39 is 11.4 Å². The highest BCUT2D eigenvalue weighted by atomic mass is 32.2. The van der Waals surface area contributed by atoms with Crippen LogP contribution in [-0.4, -0.2) is 34.5 Å². The summed E-state index contributed by atoms with van der Waals surface area (Å²) in [5.41, 5.74) is -0.768. The first-order valence-electron chi connectivity index (χ1n) is 6.57. The Morgan fingerprint density at radius 2 is 1.83 bits per heavy atom. The van der Waals surface area contributed by atoms with Gasteiger partial charge < -0.3 is 10.4 Å². The van der Waals surface area contributed by atoms with E-state index >= 15 is 0 Å². The maximum absolute atomic E-state index is 11.9. The molecule has 0 radical (unpaired) electrons. The number of carbonyl (C=O) groups excluding carboxylic acids is 1. The van der Waals surface area contributed by atoms with Gasteiger partial charge >= 0.3 is 5.97 Å². The van der Waals surface area contributed by atoms with E-state index in [-0.39, 0.29) is 17.1 Å². The Bertz CT molecular complexity index is 343. The molecule has 0 spiro atoms. The Hall–Kier alpha value is -0.710. The van der Waals surface area contributed by atoms with Crippen molar-refractivity contribution >= 4 is 23.6 Å². The smallest absolute Gasteiger partial charge is 0.310 e. The van der Waals surface area contributed by atoms with Crippen molar-refractivity contribution in [3.05, 3.63) is 0 Å². The van der Waals surface area contributed by atoms with Gasteiger partial charge in [-0.3, -0.25) is 9.59 Å². The van der Waals surface area contributed by atoms with Crippen molar-refractivity contribution < 1.29 is 14.7 Å². The van der Waals surface area contributed by atoms with Gasteiger partial charge in [0.25, 0.3) is 0 Å². The van der Waals surface area contributed by atoms with Gasteiger partial charge in [0.1, 0.15) is 0 Å². The number of hydrogen-bond donors (Lipinski definition) is 2. The van der Waals surface area contributed by atoms with Crippen LogP contribution in [0.25, 0.3) is 0 Å². The molecule has 0 saturated heterocycles. The molecule has 0 aromatic rings. The van der Waals surface area contributed by atoms with Crippen molar-refractivity contribution in [2.75, 3.05) is 12.8 Å². The van der Waals surface area contributed by atoms with E-state index in [9.17, 15) is 14.7 Å². The van der Waals surface area contributed by atoms with Crippen LogP contribution in [0.15, 0.2) is 0 Å². The molecule has 2 aliphatic rings. The Balaban J connectivity index is 1.80. The van der Waals surface area contributed by atoms with E-state index in [0.717, 1.165) is 19.3 Å². The predicted octanol–water partition coefficient (Wildman–Crippen LogP) is 2.03. The van der Waals surface area contributed by atoms with Crippen molar-refractivity contribution in [3.63, 3.8) is 0 Å². The summed E-state index contributed by atoms with van der Waals surface area (Å²) in [4.78, 5) is 23.1. The third-order valence-electron chi connectivity index (χ3n) is 4.57. The van der Waals surface area contributed by atoms with Crippen LogP contribution in [0.5, 0.6) is 0 Å². The lowest BCUT2D eigenvalue weighted by atomic mass is 9.66. The average molecular weight is 271 g/mol. The Kier molecular flexibility index (Phi) is 3.90. The minimum atomic E-state index is -0.813. The van der Waals surface area contributed by atoms with E-state index in [1.807, 2.05) is 11.8 Å². The number of rotatable bonds is 6. The molecule has 0 bridgehead atoms. The van der Waals surface area contributed by atoms with E-state index in [1.165, 1.54) is 6.42 Å². The van der Waals surface area contributed by atoms with Crippen LogP contribution in [0.4, 0.5) is 0 Å². The van der Waals surface area contributed by atoms with Gasteiger partial charge in [0, 0.05) is 17.7 Å². The number of amides is 1. The molecule has 18 heavy (non-hydrogen) atoms. The second-order valence-corrected chi connectivity index (χ2v) is 6.91. The first kappa shape index (κ1) is 13.7.